The summed E-state index contributed by atoms with van der Waals surface area (Å²) in [7, 11) is 0. The number of benzene rings is 1. The summed E-state index contributed by atoms with van der Waals surface area (Å²) in [6.07, 6.45) is 2.72. The van der Waals surface area contributed by atoms with E-state index in [1.165, 1.54) is 15.5 Å². The summed E-state index contributed by atoms with van der Waals surface area (Å²) >= 11 is 0. The minimum Gasteiger partial charge on any atom is -0.503 e. The first-order valence-corrected chi connectivity index (χ1v) is 10.5. The maximum Gasteiger partial charge on any atom is 0.276 e. The predicted molar refractivity (Wildman–Crippen MR) is 107 cm³/mol. The Balaban J connectivity index is 1.41. The number of hydrogen-bond acceptors (Lipinski definition) is 5. The maximum absolute atomic E-state index is 13.8. The Hall–Kier alpha value is -3.27. The van der Waals surface area contributed by atoms with Crippen molar-refractivity contribution in [3.8, 4) is 5.75 Å². The molecule has 32 heavy (non-hydrogen) atoms. The average molecular weight is 445 g/mol. The van der Waals surface area contributed by atoms with Gasteiger partial charge in [-0.25, -0.2) is 8.78 Å². The summed E-state index contributed by atoms with van der Waals surface area (Å²) in [5.41, 5.74) is -1.73. The van der Waals surface area contributed by atoms with Crippen LogP contribution in [0, 0.1) is 23.5 Å². The highest BCUT2D eigenvalue weighted by Gasteiger charge is 2.53. The van der Waals surface area contributed by atoms with E-state index in [0.717, 1.165) is 31.5 Å². The van der Waals surface area contributed by atoms with E-state index in [4.69, 9.17) is 0 Å². The molecule has 2 fully saturated rings. The number of carbonyl (C=O) groups excluding carboxylic acids is 2. The molecule has 1 aromatic carbocycles. The molecule has 5 rings (SSSR count). The topological polar surface area (TPSA) is 112 Å². The lowest BCUT2D eigenvalue weighted by Gasteiger charge is -2.39. The number of nitrogens with one attached hydrogen (secondary N) is 1. The maximum atomic E-state index is 13.8. The third-order valence-electron chi connectivity index (χ3n) is 6.74. The van der Waals surface area contributed by atoms with Crippen LogP contribution in [0.4, 0.5) is 8.78 Å². The summed E-state index contributed by atoms with van der Waals surface area (Å²) in [5, 5.41) is 23.5. The first-order valence-electron chi connectivity index (χ1n) is 10.5. The quantitative estimate of drug-likeness (QED) is 0.658. The van der Waals surface area contributed by atoms with E-state index >= 15 is 0 Å². The molecule has 10 heteroatoms. The van der Waals surface area contributed by atoms with Gasteiger partial charge in [-0.3, -0.25) is 14.4 Å². The van der Waals surface area contributed by atoms with E-state index in [1.807, 2.05) is 0 Å². The zero-order valence-corrected chi connectivity index (χ0v) is 16.9. The Morgan fingerprint density at radius 2 is 2.00 bits per heavy atom. The standard InChI is InChI=1S/C22H21F2N3O5/c23-12-3-1-11(15(24)6-12)7-25-21(31)14-8-26-9-17(28)27(16-4-2-10-5-13(10)16)22(32)18(26)20(30)19(14)29/h1,3,6,8,10,13,16-17,28,30H,2,4-5,7,9H2,(H,25,31). The Morgan fingerprint density at radius 3 is 2.66 bits per heavy atom. The second kappa shape index (κ2) is 7.40. The molecule has 168 valence electrons. The summed E-state index contributed by atoms with van der Waals surface area (Å²) in [6, 6.07) is 2.75. The van der Waals surface area contributed by atoms with Crippen LogP contribution in [-0.2, 0) is 13.1 Å². The molecule has 8 nitrogen and oxygen atoms in total. The fourth-order valence-electron chi connectivity index (χ4n) is 5.03. The molecule has 0 spiro atoms. The second-order valence-corrected chi connectivity index (χ2v) is 8.64. The van der Waals surface area contributed by atoms with Gasteiger partial charge in [0.25, 0.3) is 11.8 Å². The summed E-state index contributed by atoms with van der Waals surface area (Å²) in [6.45, 7) is -0.415. The number of amides is 2. The number of aliphatic hydroxyl groups is 1. The van der Waals surface area contributed by atoms with E-state index in [0.29, 0.717) is 17.9 Å². The number of nitrogens with zero attached hydrogens (tertiary/aromatic N) is 2. The van der Waals surface area contributed by atoms with Crippen molar-refractivity contribution in [2.45, 2.75) is 44.6 Å². The number of rotatable bonds is 4. The number of fused-ring (bicyclic) bond motifs is 2. The van der Waals surface area contributed by atoms with Crippen LogP contribution >= 0.6 is 0 Å². The van der Waals surface area contributed by atoms with Gasteiger partial charge in [-0.2, -0.15) is 0 Å². The third-order valence-corrected chi connectivity index (χ3v) is 6.74. The van der Waals surface area contributed by atoms with E-state index in [1.54, 1.807) is 0 Å². The average Bonchev–Trinajstić information content (AvgIpc) is 3.41. The lowest BCUT2D eigenvalue weighted by molar-refractivity contribution is -0.0345. The predicted octanol–water partition coefficient (Wildman–Crippen LogP) is 1.33. The fraction of sp³-hybridized carbons (Fsp3) is 0.409. The molecular weight excluding hydrogens is 424 g/mol. The number of carbonyl (C=O) groups is 2. The van der Waals surface area contributed by atoms with E-state index in [2.05, 4.69) is 5.32 Å². The van der Waals surface area contributed by atoms with Gasteiger partial charge < -0.3 is 25.0 Å². The molecule has 4 atom stereocenters. The van der Waals surface area contributed by atoms with Crippen molar-refractivity contribution in [2.75, 3.05) is 0 Å². The Bertz CT molecular complexity index is 1200. The molecule has 3 N–H and O–H groups in total. The highest BCUT2D eigenvalue weighted by Crippen LogP contribution is 2.54. The largest absolute Gasteiger partial charge is 0.503 e. The van der Waals surface area contributed by atoms with Crippen molar-refractivity contribution in [1.29, 1.82) is 0 Å². The van der Waals surface area contributed by atoms with Crippen LogP contribution in [0.3, 0.4) is 0 Å². The molecule has 2 heterocycles. The number of aromatic hydroxyl groups is 1. The zero-order chi connectivity index (χ0) is 22.7. The second-order valence-electron chi connectivity index (χ2n) is 8.64. The van der Waals surface area contributed by atoms with Gasteiger partial charge in [0, 0.05) is 30.4 Å². The van der Waals surface area contributed by atoms with E-state index in [9.17, 15) is 33.4 Å². The number of hydrogen-bond donors (Lipinski definition) is 3. The molecule has 3 aliphatic rings. The van der Waals surface area contributed by atoms with Crippen molar-refractivity contribution in [2.24, 2.45) is 11.8 Å². The van der Waals surface area contributed by atoms with Gasteiger partial charge in [-0.05, 0) is 37.2 Å². The molecule has 2 saturated carbocycles. The van der Waals surface area contributed by atoms with E-state index < -0.39 is 46.4 Å². The van der Waals surface area contributed by atoms with Gasteiger partial charge in [0.2, 0.25) is 5.43 Å². The number of pyridine rings is 1. The van der Waals surface area contributed by atoms with Crippen LogP contribution in [0.1, 0.15) is 45.7 Å². The van der Waals surface area contributed by atoms with Gasteiger partial charge in [0.1, 0.15) is 23.4 Å². The van der Waals surface area contributed by atoms with Crippen LogP contribution in [0.15, 0.2) is 29.2 Å². The minimum atomic E-state index is -1.15. The molecule has 4 unspecified atom stereocenters. The molecule has 0 saturated heterocycles. The zero-order valence-electron chi connectivity index (χ0n) is 16.9. The first kappa shape index (κ1) is 20.6. The Labute approximate surface area is 181 Å². The smallest absolute Gasteiger partial charge is 0.276 e. The summed E-state index contributed by atoms with van der Waals surface area (Å²) < 4.78 is 28.0. The Kier molecular flexibility index (Phi) is 4.77. The molecule has 2 aromatic rings. The Morgan fingerprint density at radius 1 is 1.22 bits per heavy atom. The number of halogens is 2. The normalized spacial score (nSPS) is 26.0. The first-order chi connectivity index (χ1) is 15.3. The summed E-state index contributed by atoms with van der Waals surface area (Å²) in [5.74, 6) is -3.11. The fourth-order valence-corrected chi connectivity index (χ4v) is 5.03. The lowest BCUT2D eigenvalue weighted by Crippen LogP contribution is -2.54. The van der Waals surface area contributed by atoms with E-state index in [-0.39, 0.29) is 30.4 Å². The highest BCUT2D eigenvalue weighted by atomic mass is 19.1. The monoisotopic (exact) mass is 445 g/mol. The number of aromatic nitrogens is 1. The van der Waals surface area contributed by atoms with Crippen molar-refractivity contribution < 1.29 is 28.6 Å². The molecule has 2 amide bonds. The van der Waals surface area contributed by atoms with Gasteiger partial charge in [0.15, 0.2) is 11.4 Å². The van der Waals surface area contributed by atoms with Crippen LogP contribution in [0.2, 0.25) is 0 Å². The van der Waals surface area contributed by atoms with Crippen LogP contribution in [0.5, 0.6) is 5.75 Å². The van der Waals surface area contributed by atoms with Crippen LogP contribution in [-0.4, -0.2) is 43.8 Å². The van der Waals surface area contributed by atoms with Gasteiger partial charge in [-0.15, -0.1) is 0 Å². The molecular formula is C22H21F2N3O5. The highest BCUT2D eigenvalue weighted by molar-refractivity contribution is 5.99. The minimum absolute atomic E-state index is 0.0122. The van der Waals surface area contributed by atoms with Crippen molar-refractivity contribution in [3.63, 3.8) is 0 Å². The molecule has 0 radical (unpaired) electrons. The third kappa shape index (κ3) is 3.26. The lowest BCUT2D eigenvalue weighted by atomic mass is 10.1. The van der Waals surface area contributed by atoms with Crippen LogP contribution in [0.25, 0.3) is 0 Å². The number of aliphatic hydroxyl groups excluding tert-OH is 1. The SMILES string of the molecule is O=C(NCc1ccc(F)cc1F)c1cn2c(c(O)c1=O)C(=O)N(C1CCC3CC31)C(O)C2. The molecule has 1 aliphatic heterocycles. The van der Waals surface area contributed by atoms with Crippen LogP contribution < -0.4 is 10.7 Å². The van der Waals surface area contributed by atoms with Gasteiger partial charge >= 0.3 is 0 Å². The summed E-state index contributed by atoms with van der Waals surface area (Å²) in [4.78, 5) is 39.6. The van der Waals surface area contributed by atoms with Crippen molar-refractivity contribution in [1.82, 2.24) is 14.8 Å². The van der Waals surface area contributed by atoms with Gasteiger partial charge in [0.05, 0.1) is 6.54 Å². The van der Waals surface area contributed by atoms with Gasteiger partial charge in [-0.1, -0.05) is 6.07 Å². The van der Waals surface area contributed by atoms with Crippen molar-refractivity contribution >= 4 is 11.8 Å². The molecule has 0 bridgehead atoms. The molecule has 1 aromatic heterocycles. The molecule has 2 aliphatic carbocycles. The van der Waals surface area contributed by atoms with Crippen molar-refractivity contribution in [3.05, 3.63) is 63.1 Å².